The van der Waals surface area contributed by atoms with Crippen molar-refractivity contribution in [2.45, 2.75) is 33.1 Å². The van der Waals surface area contributed by atoms with Gasteiger partial charge in [-0.2, -0.15) is 0 Å². The van der Waals surface area contributed by atoms with Crippen LogP contribution in [0.2, 0.25) is 0 Å². The zero-order valence-corrected chi connectivity index (χ0v) is 7.68. The van der Waals surface area contributed by atoms with E-state index >= 15 is 0 Å². The van der Waals surface area contributed by atoms with Crippen molar-refractivity contribution in [3.63, 3.8) is 0 Å². The van der Waals surface area contributed by atoms with Crippen molar-refractivity contribution in [2.24, 2.45) is 17.8 Å². The van der Waals surface area contributed by atoms with Gasteiger partial charge in [-0.05, 0) is 37.0 Å². The van der Waals surface area contributed by atoms with Gasteiger partial charge in [-0.25, -0.2) is 10.7 Å². The van der Waals surface area contributed by atoms with Crippen molar-refractivity contribution in [1.82, 2.24) is 0 Å². The molecule has 0 bridgehead atoms. The van der Waals surface area contributed by atoms with Crippen LogP contribution >= 0.6 is 0 Å². The molecule has 66 valence electrons. The first-order valence-corrected chi connectivity index (χ1v) is 4.61. The summed E-state index contributed by atoms with van der Waals surface area (Å²) in [6, 6.07) is 0. The lowest BCUT2D eigenvalue weighted by Crippen LogP contribution is -2.50. The number of rotatable bonds is 3. The molecular formula is C9H20NO+. The summed E-state index contributed by atoms with van der Waals surface area (Å²) in [7, 11) is 0. The normalized spacial score (nSPS) is 31.6. The van der Waals surface area contributed by atoms with Crippen LogP contribution in [0.1, 0.15) is 33.1 Å². The van der Waals surface area contributed by atoms with Crippen LogP contribution in [-0.4, -0.2) is 6.61 Å². The van der Waals surface area contributed by atoms with Crippen LogP contribution in [0, 0.1) is 17.8 Å². The fourth-order valence-electron chi connectivity index (χ4n) is 2.04. The average Bonchev–Trinajstić information content (AvgIpc) is 2.37. The van der Waals surface area contributed by atoms with E-state index in [1.807, 2.05) is 0 Å². The SMILES string of the molecule is CC(C)C1CCC(CO[NH3+])C1. The maximum atomic E-state index is 4.90. The molecule has 0 aliphatic heterocycles. The fourth-order valence-corrected chi connectivity index (χ4v) is 2.04. The Kier molecular flexibility index (Phi) is 3.34. The van der Waals surface area contributed by atoms with Gasteiger partial charge < -0.3 is 0 Å². The average molecular weight is 158 g/mol. The van der Waals surface area contributed by atoms with Crippen LogP contribution < -0.4 is 5.90 Å². The van der Waals surface area contributed by atoms with Gasteiger partial charge in [0.25, 0.3) is 0 Å². The molecule has 0 spiro atoms. The minimum Gasteiger partial charge on any atom is -0.213 e. The molecule has 11 heavy (non-hydrogen) atoms. The molecule has 2 nitrogen and oxygen atoms in total. The Morgan fingerprint density at radius 1 is 1.45 bits per heavy atom. The van der Waals surface area contributed by atoms with Crippen molar-refractivity contribution in [3.8, 4) is 0 Å². The monoisotopic (exact) mass is 158 g/mol. The van der Waals surface area contributed by atoms with Crippen LogP contribution in [0.25, 0.3) is 0 Å². The third-order valence-corrected chi connectivity index (χ3v) is 2.88. The van der Waals surface area contributed by atoms with Gasteiger partial charge in [0.05, 0.1) is 0 Å². The van der Waals surface area contributed by atoms with Crippen LogP contribution in [0.4, 0.5) is 0 Å². The number of quaternary nitrogens is 1. The molecule has 1 aliphatic rings. The Bertz CT molecular complexity index is 114. The van der Waals surface area contributed by atoms with Gasteiger partial charge >= 0.3 is 0 Å². The molecule has 0 radical (unpaired) electrons. The molecule has 0 heterocycles. The molecule has 0 saturated heterocycles. The summed E-state index contributed by atoms with van der Waals surface area (Å²) < 4.78 is 0. The Morgan fingerprint density at radius 3 is 2.64 bits per heavy atom. The summed E-state index contributed by atoms with van der Waals surface area (Å²) in [5, 5.41) is 0. The largest absolute Gasteiger partial charge is 0.213 e. The van der Waals surface area contributed by atoms with Gasteiger partial charge in [0, 0.05) is 0 Å². The molecule has 0 aromatic rings. The number of hydrogen-bond donors (Lipinski definition) is 1. The fraction of sp³-hybridized carbons (Fsp3) is 1.00. The smallest absolute Gasteiger partial charge is 0.109 e. The van der Waals surface area contributed by atoms with Gasteiger partial charge in [-0.1, -0.05) is 13.8 Å². The predicted octanol–water partition coefficient (Wildman–Crippen LogP) is 1.23. The summed E-state index contributed by atoms with van der Waals surface area (Å²) in [6.07, 6.45) is 4.09. The molecule has 0 aromatic heterocycles. The van der Waals surface area contributed by atoms with Crippen molar-refractivity contribution < 1.29 is 10.7 Å². The van der Waals surface area contributed by atoms with E-state index < -0.39 is 0 Å². The minimum atomic E-state index is 0.792. The second-order valence-electron chi connectivity index (χ2n) is 4.05. The summed E-state index contributed by atoms with van der Waals surface area (Å²) in [6.45, 7) is 5.50. The van der Waals surface area contributed by atoms with E-state index in [9.17, 15) is 0 Å². The molecule has 2 heteroatoms. The summed E-state index contributed by atoms with van der Waals surface area (Å²) >= 11 is 0. The van der Waals surface area contributed by atoms with Crippen molar-refractivity contribution in [1.29, 1.82) is 0 Å². The zero-order chi connectivity index (χ0) is 8.27. The molecule has 0 amide bonds. The van der Waals surface area contributed by atoms with Gasteiger partial charge in [0.15, 0.2) is 0 Å². The molecule has 1 fully saturated rings. The van der Waals surface area contributed by atoms with E-state index in [2.05, 4.69) is 19.7 Å². The van der Waals surface area contributed by atoms with E-state index in [4.69, 9.17) is 4.84 Å². The summed E-state index contributed by atoms with van der Waals surface area (Å²) in [5.41, 5.74) is 0. The van der Waals surface area contributed by atoms with Crippen LogP contribution in [0.15, 0.2) is 0 Å². The lowest BCUT2D eigenvalue weighted by Gasteiger charge is -2.13. The molecule has 1 saturated carbocycles. The first kappa shape index (κ1) is 9.01. The van der Waals surface area contributed by atoms with E-state index in [0.29, 0.717) is 0 Å². The standard InChI is InChI=1S/C9H20NO/c1-7(2)9-4-3-8(5-9)6-11-10/h7-9H,3-6H2,1-2,10H3/q+1. The zero-order valence-electron chi connectivity index (χ0n) is 7.68. The maximum Gasteiger partial charge on any atom is 0.109 e. The first-order chi connectivity index (χ1) is 5.24. The van der Waals surface area contributed by atoms with E-state index in [-0.39, 0.29) is 0 Å². The van der Waals surface area contributed by atoms with Gasteiger partial charge in [0.2, 0.25) is 0 Å². The first-order valence-electron chi connectivity index (χ1n) is 4.61. The van der Waals surface area contributed by atoms with Crippen molar-refractivity contribution >= 4 is 0 Å². The molecule has 0 aromatic carbocycles. The molecule has 1 rings (SSSR count). The van der Waals surface area contributed by atoms with E-state index in [0.717, 1.165) is 24.4 Å². The highest BCUT2D eigenvalue weighted by Crippen LogP contribution is 2.35. The topological polar surface area (TPSA) is 36.9 Å². The van der Waals surface area contributed by atoms with Crippen molar-refractivity contribution in [3.05, 3.63) is 0 Å². The molecule has 1 aliphatic carbocycles. The highest BCUT2D eigenvalue weighted by molar-refractivity contribution is 4.76. The maximum absolute atomic E-state index is 4.90. The highest BCUT2D eigenvalue weighted by Gasteiger charge is 2.26. The number of hydrogen-bond acceptors (Lipinski definition) is 1. The Hall–Kier alpha value is -0.0800. The van der Waals surface area contributed by atoms with Gasteiger partial charge in [-0.3, -0.25) is 0 Å². The Balaban J connectivity index is 2.23. The van der Waals surface area contributed by atoms with Gasteiger partial charge in [0.1, 0.15) is 6.61 Å². The van der Waals surface area contributed by atoms with E-state index in [1.54, 1.807) is 0 Å². The van der Waals surface area contributed by atoms with Crippen LogP contribution in [-0.2, 0) is 4.84 Å². The minimum absolute atomic E-state index is 0.792. The van der Waals surface area contributed by atoms with E-state index in [1.165, 1.54) is 19.3 Å². The van der Waals surface area contributed by atoms with Gasteiger partial charge in [-0.15, -0.1) is 0 Å². The summed E-state index contributed by atoms with van der Waals surface area (Å²) in [4.78, 5) is 4.90. The molecule has 3 N–H and O–H groups in total. The second kappa shape index (κ2) is 4.07. The summed E-state index contributed by atoms with van der Waals surface area (Å²) in [5.74, 6) is 6.00. The predicted molar refractivity (Wildman–Crippen MR) is 44.5 cm³/mol. The Labute approximate surface area is 69.1 Å². The van der Waals surface area contributed by atoms with Crippen molar-refractivity contribution in [2.75, 3.05) is 6.61 Å². The molecule has 2 atom stereocenters. The third-order valence-electron chi connectivity index (χ3n) is 2.88. The third kappa shape index (κ3) is 2.46. The van der Waals surface area contributed by atoms with Crippen LogP contribution in [0.3, 0.4) is 0 Å². The Morgan fingerprint density at radius 2 is 2.18 bits per heavy atom. The highest BCUT2D eigenvalue weighted by atomic mass is 16.6. The quantitative estimate of drug-likeness (QED) is 0.616. The lowest BCUT2D eigenvalue weighted by molar-refractivity contribution is -0.691. The molecule has 2 unspecified atom stereocenters. The lowest BCUT2D eigenvalue weighted by atomic mass is 9.93. The van der Waals surface area contributed by atoms with Crippen LogP contribution in [0.5, 0.6) is 0 Å². The second-order valence-corrected chi connectivity index (χ2v) is 4.05. The molecular weight excluding hydrogens is 138 g/mol.